The zero-order chi connectivity index (χ0) is 29.7. The van der Waals surface area contributed by atoms with Crippen LogP contribution in [0.3, 0.4) is 0 Å². The van der Waals surface area contributed by atoms with E-state index in [9.17, 15) is 49.8 Å². The van der Waals surface area contributed by atoms with Crippen LogP contribution in [0.25, 0.3) is 5.76 Å². The molecule has 0 spiro atoms. The van der Waals surface area contributed by atoms with Gasteiger partial charge < -0.3 is 36.4 Å². The summed E-state index contributed by atoms with van der Waals surface area (Å²) < 4.78 is 0. The number of carboxylic acid groups (broad SMARTS) is 1. The Hall–Kier alpha value is -3.74. The molecule has 8 N–H and O–H groups in total. The van der Waals surface area contributed by atoms with Gasteiger partial charge in [0.25, 0.3) is 5.91 Å². The van der Waals surface area contributed by atoms with Crippen LogP contribution in [0.4, 0.5) is 0 Å². The number of Topliss-reactive ketones (excluding diaryl/α,β-unsaturated/α-hetero) is 2. The molecule has 0 aliphatic heterocycles. The number of rotatable bonds is 3. The Balaban J connectivity index is 2.14. The summed E-state index contributed by atoms with van der Waals surface area (Å²) in [4.78, 5) is 53.0. The van der Waals surface area contributed by atoms with Crippen molar-refractivity contribution in [1.29, 1.82) is 0 Å². The summed E-state index contributed by atoms with van der Waals surface area (Å²) in [7, 11) is 2.80. The van der Waals surface area contributed by atoms with Gasteiger partial charge in [-0.15, -0.1) is 0 Å². The molecule has 1 aromatic carbocycles. The highest BCUT2D eigenvalue weighted by Gasteiger charge is 2.68. The summed E-state index contributed by atoms with van der Waals surface area (Å²) in [6.45, 7) is 6.60. The molecule has 0 aromatic heterocycles. The highest BCUT2D eigenvalue weighted by molar-refractivity contribution is 6.24. The van der Waals surface area contributed by atoms with Crippen molar-refractivity contribution in [1.82, 2.24) is 4.90 Å². The molecular weight excluding hydrogens is 512 g/mol. The molecule has 0 heterocycles. The van der Waals surface area contributed by atoms with E-state index in [0.29, 0.717) is 0 Å². The van der Waals surface area contributed by atoms with Gasteiger partial charge >= 0.3 is 5.97 Å². The van der Waals surface area contributed by atoms with Gasteiger partial charge in [0, 0.05) is 17.1 Å². The van der Waals surface area contributed by atoms with Gasteiger partial charge in [-0.3, -0.25) is 19.3 Å². The number of carbonyl (C=O) groups excluding carboxylic acids is 3. The number of carboxylic acids is 1. The molecule has 1 fully saturated rings. The predicted octanol–water partition coefficient (Wildman–Crippen LogP) is 0.492. The van der Waals surface area contributed by atoms with Crippen LogP contribution in [0.2, 0.25) is 0 Å². The van der Waals surface area contributed by atoms with E-state index in [0.717, 1.165) is 0 Å². The van der Waals surface area contributed by atoms with E-state index >= 15 is 0 Å². The average molecular weight is 545 g/mol. The number of fused-ring (bicyclic) bond motifs is 3. The number of primary amides is 1. The van der Waals surface area contributed by atoms with E-state index < -0.39 is 92.8 Å². The van der Waals surface area contributed by atoms with Gasteiger partial charge in [-0.05, 0) is 37.1 Å². The Labute approximate surface area is 223 Å². The normalized spacial score (nSPS) is 30.7. The van der Waals surface area contributed by atoms with Crippen LogP contribution in [0, 0.1) is 11.8 Å². The van der Waals surface area contributed by atoms with E-state index in [4.69, 9.17) is 5.73 Å². The fraction of sp³-hybridized carbons (Fsp3) is 0.481. The number of aliphatic hydroxyl groups excluding tert-OH is 3. The number of carbonyl (C=O) groups is 4. The van der Waals surface area contributed by atoms with Crippen LogP contribution < -0.4 is 5.73 Å². The lowest BCUT2D eigenvalue weighted by molar-refractivity contribution is -0.169. The maximum atomic E-state index is 14.0. The van der Waals surface area contributed by atoms with Crippen LogP contribution in [0.1, 0.15) is 60.7 Å². The van der Waals surface area contributed by atoms with Crippen LogP contribution in [-0.4, -0.2) is 90.8 Å². The minimum atomic E-state index is -3.05. The summed E-state index contributed by atoms with van der Waals surface area (Å²) in [6, 6.07) is -0.223. The minimum Gasteiger partial charge on any atom is -0.508 e. The van der Waals surface area contributed by atoms with Crippen molar-refractivity contribution >= 4 is 29.2 Å². The molecule has 4 rings (SSSR count). The number of benzene rings is 1. The van der Waals surface area contributed by atoms with Gasteiger partial charge in [0.1, 0.15) is 22.8 Å². The Bertz CT molecular complexity index is 1420. The van der Waals surface area contributed by atoms with Gasteiger partial charge in [-0.25, -0.2) is 4.79 Å². The zero-order valence-electron chi connectivity index (χ0n) is 22.3. The molecule has 39 heavy (non-hydrogen) atoms. The van der Waals surface area contributed by atoms with E-state index in [-0.39, 0.29) is 22.3 Å². The first-order valence-electron chi connectivity index (χ1n) is 12.3. The monoisotopic (exact) mass is 544 g/mol. The molecule has 0 bridgehead atoms. The number of phenolic OH excluding ortho intramolecular Hbond substituents is 1. The molecule has 1 aromatic rings. The number of hydrogen-bond donors (Lipinski definition) is 7. The molecule has 12 nitrogen and oxygen atoms in total. The van der Waals surface area contributed by atoms with Crippen molar-refractivity contribution in [3.05, 3.63) is 45.2 Å². The average Bonchev–Trinajstić information content (AvgIpc) is 2.79. The smallest absolute Gasteiger partial charge is 0.336 e. The van der Waals surface area contributed by atoms with E-state index in [1.165, 1.54) is 32.0 Å². The number of ketones is 2. The highest BCUT2D eigenvalue weighted by atomic mass is 16.4. The fourth-order valence-corrected chi connectivity index (χ4v) is 6.52. The van der Waals surface area contributed by atoms with Gasteiger partial charge in [-0.1, -0.05) is 27.7 Å². The largest absolute Gasteiger partial charge is 0.508 e. The van der Waals surface area contributed by atoms with Crippen LogP contribution in [0.15, 0.2) is 23.0 Å². The molecule has 1 saturated carbocycles. The summed E-state index contributed by atoms with van der Waals surface area (Å²) >= 11 is 0. The first-order valence-corrected chi connectivity index (χ1v) is 12.3. The number of hydrogen-bond acceptors (Lipinski definition) is 10. The first-order chi connectivity index (χ1) is 17.8. The molecule has 1 amide bonds. The molecule has 0 saturated heterocycles. The molecule has 12 heteroatoms. The Kier molecular flexibility index (Phi) is 6.26. The number of aliphatic hydroxyl groups is 4. The third kappa shape index (κ3) is 3.55. The van der Waals surface area contributed by atoms with Crippen molar-refractivity contribution in [3.63, 3.8) is 0 Å². The second-order valence-electron chi connectivity index (χ2n) is 11.7. The summed E-state index contributed by atoms with van der Waals surface area (Å²) in [6.07, 6.45) is -1.81. The van der Waals surface area contributed by atoms with Crippen molar-refractivity contribution in [2.75, 3.05) is 14.1 Å². The second-order valence-corrected chi connectivity index (χ2v) is 11.7. The summed E-state index contributed by atoms with van der Waals surface area (Å²) in [5.41, 5.74) is -0.636. The van der Waals surface area contributed by atoms with Gasteiger partial charge in [0.05, 0.1) is 29.2 Å². The maximum Gasteiger partial charge on any atom is 0.336 e. The Morgan fingerprint density at radius 2 is 1.67 bits per heavy atom. The van der Waals surface area contributed by atoms with Crippen molar-refractivity contribution in [2.45, 2.75) is 56.8 Å². The Morgan fingerprint density at radius 1 is 1.10 bits per heavy atom. The lowest BCUT2D eigenvalue weighted by atomic mass is 9.54. The quantitative estimate of drug-likeness (QED) is 0.260. The standard InChI is InChI=1S/C27H32N2O10/c1-8-11-9(25(37)38)7-10(26(2,3)4)18(30)13(11)19(31)14-12(8)20(32)16-17(29(5)6)21(33)15(24(28)36)23(35)27(16,39)22(14)34/h7-8,12,16-17,20,30-32,35,39H,1-6H3,(H2,28,36)(H,37,38)/t8-,12+,16+,17-,20-,27-/m0/s1. The van der Waals surface area contributed by atoms with Gasteiger partial charge in [0.15, 0.2) is 11.4 Å². The van der Waals surface area contributed by atoms with Gasteiger partial charge in [0.2, 0.25) is 5.78 Å². The van der Waals surface area contributed by atoms with E-state index in [1.807, 2.05) is 0 Å². The van der Waals surface area contributed by atoms with E-state index in [2.05, 4.69) is 0 Å². The third-order valence-corrected chi connectivity index (χ3v) is 8.26. The minimum absolute atomic E-state index is 0.0438. The van der Waals surface area contributed by atoms with Crippen LogP contribution in [0.5, 0.6) is 5.75 Å². The SMILES string of the molecule is C[C@H]1c2c(C(=O)O)cc(C(C)(C)C)c(O)c2C(O)=C2C(=O)[C@]3(O)C(O)=C(C(N)=O)C(=O)[C@@H](N(C)C)[C@@H]3[C@@H](O)[C@@H]21. The molecule has 210 valence electrons. The van der Waals surface area contributed by atoms with Crippen molar-refractivity contribution in [2.24, 2.45) is 17.6 Å². The maximum absolute atomic E-state index is 14.0. The lowest BCUT2D eigenvalue weighted by Crippen LogP contribution is -2.70. The third-order valence-electron chi connectivity index (χ3n) is 8.26. The number of aromatic carboxylic acids is 1. The number of nitrogens with two attached hydrogens (primary N) is 1. The van der Waals surface area contributed by atoms with Crippen LogP contribution in [-0.2, 0) is 19.8 Å². The first kappa shape index (κ1) is 28.3. The summed E-state index contributed by atoms with van der Waals surface area (Å²) in [5.74, 6) is -11.9. The molecule has 3 aliphatic carbocycles. The number of amides is 1. The molecule has 0 unspecified atom stereocenters. The lowest BCUT2D eigenvalue weighted by Gasteiger charge is -2.53. The molecule has 3 aliphatic rings. The van der Waals surface area contributed by atoms with Crippen molar-refractivity contribution < 1.29 is 49.8 Å². The molecule has 6 atom stereocenters. The van der Waals surface area contributed by atoms with Crippen LogP contribution >= 0.6 is 0 Å². The second kappa shape index (κ2) is 8.63. The number of phenols is 1. The van der Waals surface area contributed by atoms with Gasteiger partial charge in [-0.2, -0.15) is 0 Å². The fourth-order valence-electron chi connectivity index (χ4n) is 6.52. The topological polar surface area (TPSA) is 219 Å². The van der Waals surface area contributed by atoms with E-state index in [1.54, 1.807) is 20.8 Å². The summed E-state index contributed by atoms with van der Waals surface area (Å²) in [5, 5.41) is 67.1. The highest BCUT2D eigenvalue weighted by Crippen LogP contribution is 2.57. The zero-order valence-corrected chi connectivity index (χ0v) is 22.3. The van der Waals surface area contributed by atoms with Crippen molar-refractivity contribution in [3.8, 4) is 5.75 Å². The Morgan fingerprint density at radius 3 is 2.13 bits per heavy atom. The number of aromatic hydroxyl groups is 1. The molecule has 0 radical (unpaired) electrons. The number of likely N-dealkylation sites (N-methyl/N-ethyl adjacent to an activating group) is 1. The predicted molar refractivity (Wildman–Crippen MR) is 136 cm³/mol. The molecular formula is C27H32N2O10. The number of nitrogens with zero attached hydrogens (tertiary/aromatic N) is 1.